The average molecular weight is 219 g/mol. The van der Waals surface area contributed by atoms with Crippen molar-refractivity contribution in [2.75, 3.05) is 13.2 Å². The van der Waals surface area contributed by atoms with Gasteiger partial charge in [0, 0.05) is 5.56 Å². The quantitative estimate of drug-likeness (QED) is 0.701. The molecular formula is C12H13NO3. The van der Waals surface area contributed by atoms with Crippen LogP contribution >= 0.6 is 0 Å². The summed E-state index contributed by atoms with van der Waals surface area (Å²) in [7, 11) is 0. The second-order valence-electron chi connectivity index (χ2n) is 3.04. The summed E-state index contributed by atoms with van der Waals surface area (Å²) in [6.07, 6.45) is 4.99. The predicted octanol–water partition coefficient (Wildman–Crippen LogP) is 0.307. The molecule has 1 aromatic rings. The van der Waals surface area contributed by atoms with Crippen molar-refractivity contribution >= 4 is 5.91 Å². The van der Waals surface area contributed by atoms with Crippen molar-refractivity contribution in [3.8, 4) is 18.1 Å². The maximum Gasteiger partial charge on any atom is 0.258 e. The van der Waals surface area contributed by atoms with Gasteiger partial charge in [-0.3, -0.25) is 4.79 Å². The van der Waals surface area contributed by atoms with Crippen molar-refractivity contribution in [1.82, 2.24) is 5.32 Å². The van der Waals surface area contributed by atoms with E-state index in [1.807, 2.05) is 0 Å². The van der Waals surface area contributed by atoms with E-state index in [1.165, 1.54) is 0 Å². The molecule has 0 atom stereocenters. The van der Waals surface area contributed by atoms with Crippen LogP contribution in [0.25, 0.3) is 0 Å². The Kier molecular flexibility index (Phi) is 4.90. The van der Waals surface area contributed by atoms with Gasteiger partial charge in [0.2, 0.25) is 0 Å². The molecule has 0 unspecified atom stereocenters. The Morgan fingerprint density at radius 2 is 2.25 bits per heavy atom. The predicted molar refractivity (Wildman–Crippen MR) is 59.7 cm³/mol. The van der Waals surface area contributed by atoms with E-state index in [0.29, 0.717) is 11.3 Å². The van der Waals surface area contributed by atoms with Gasteiger partial charge in [-0.05, 0) is 6.07 Å². The zero-order valence-electron chi connectivity index (χ0n) is 8.77. The van der Waals surface area contributed by atoms with Crippen molar-refractivity contribution in [3.63, 3.8) is 0 Å². The number of aliphatic hydroxyl groups is 1. The van der Waals surface area contributed by atoms with Crippen LogP contribution in [0.3, 0.4) is 0 Å². The molecule has 0 spiro atoms. The molecule has 0 bridgehead atoms. The fourth-order valence-electron chi connectivity index (χ4n) is 1.12. The average Bonchev–Trinajstić information content (AvgIpc) is 2.34. The summed E-state index contributed by atoms with van der Waals surface area (Å²) in [5, 5.41) is 11.5. The molecule has 0 aliphatic rings. The van der Waals surface area contributed by atoms with Crippen molar-refractivity contribution in [3.05, 3.63) is 29.8 Å². The molecule has 84 valence electrons. The molecule has 1 aromatic carbocycles. The van der Waals surface area contributed by atoms with Crippen molar-refractivity contribution < 1.29 is 14.6 Å². The lowest BCUT2D eigenvalue weighted by atomic mass is 10.2. The monoisotopic (exact) mass is 219 g/mol. The van der Waals surface area contributed by atoms with Crippen LogP contribution in [0.15, 0.2) is 24.3 Å². The van der Waals surface area contributed by atoms with Gasteiger partial charge in [0.05, 0.1) is 13.2 Å². The zero-order valence-corrected chi connectivity index (χ0v) is 8.77. The number of nitrogens with one attached hydrogen (secondary N) is 1. The van der Waals surface area contributed by atoms with E-state index in [-0.39, 0.29) is 25.7 Å². The number of aliphatic hydroxyl groups excluding tert-OH is 1. The number of amides is 1. The first-order chi connectivity index (χ1) is 7.77. The van der Waals surface area contributed by atoms with Crippen LogP contribution in [0.2, 0.25) is 0 Å². The summed E-state index contributed by atoms with van der Waals surface area (Å²) in [5.74, 6) is 2.51. The molecule has 4 nitrogen and oxygen atoms in total. The lowest BCUT2D eigenvalue weighted by Gasteiger charge is -2.09. The number of carbonyl (C=O) groups excluding carboxylic acids is 1. The number of benzene rings is 1. The molecule has 1 rings (SSSR count). The third-order valence-electron chi connectivity index (χ3n) is 1.89. The van der Waals surface area contributed by atoms with Gasteiger partial charge in [0.25, 0.3) is 5.91 Å². The third kappa shape index (κ3) is 3.64. The lowest BCUT2D eigenvalue weighted by molar-refractivity contribution is -0.122. The van der Waals surface area contributed by atoms with E-state index >= 15 is 0 Å². The molecule has 0 fully saturated rings. The van der Waals surface area contributed by atoms with E-state index in [9.17, 15) is 4.79 Å². The first kappa shape index (κ1) is 12.1. The molecule has 0 aliphatic heterocycles. The maximum absolute atomic E-state index is 11.2. The highest BCUT2D eigenvalue weighted by Gasteiger charge is 2.04. The van der Waals surface area contributed by atoms with Gasteiger partial charge in [0.15, 0.2) is 6.61 Å². The Bertz CT molecular complexity index is 395. The first-order valence-corrected chi connectivity index (χ1v) is 4.79. The Morgan fingerprint density at radius 3 is 2.94 bits per heavy atom. The fraction of sp³-hybridized carbons (Fsp3) is 0.250. The molecule has 0 aromatic heterocycles. The van der Waals surface area contributed by atoms with Crippen LogP contribution < -0.4 is 10.1 Å². The number of carbonyl (C=O) groups is 1. The normalized spacial score (nSPS) is 9.25. The third-order valence-corrected chi connectivity index (χ3v) is 1.89. The number of terminal acetylenes is 1. The minimum absolute atomic E-state index is 0.112. The molecule has 0 heterocycles. The Labute approximate surface area is 94.2 Å². The number of hydrogen-bond acceptors (Lipinski definition) is 3. The smallest absolute Gasteiger partial charge is 0.258 e. The largest absolute Gasteiger partial charge is 0.483 e. The highest BCUT2D eigenvalue weighted by Crippen LogP contribution is 2.17. The summed E-state index contributed by atoms with van der Waals surface area (Å²) >= 11 is 0. The van der Waals surface area contributed by atoms with Crippen molar-refractivity contribution in [1.29, 1.82) is 0 Å². The van der Waals surface area contributed by atoms with Crippen molar-refractivity contribution in [2.45, 2.75) is 6.61 Å². The topological polar surface area (TPSA) is 58.6 Å². The van der Waals surface area contributed by atoms with Crippen LogP contribution in [0, 0.1) is 12.3 Å². The molecule has 16 heavy (non-hydrogen) atoms. The van der Waals surface area contributed by atoms with Crippen LogP contribution in [-0.2, 0) is 11.4 Å². The van der Waals surface area contributed by atoms with E-state index in [4.69, 9.17) is 16.3 Å². The minimum atomic E-state index is -0.286. The summed E-state index contributed by atoms with van der Waals surface area (Å²) < 4.78 is 5.25. The van der Waals surface area contributed by atoms with Gasteiger partial charge in [0.1, 0.15) is 5.75 Å². The molecule has 4 heteroatoms. The number of rotatable bonds is 5. The summed E-state index contributed by atoms with van der Waals surface area (Å²) in [6, 6.07) is 6.99. The lowest BCUT2D eigenvalue weighted by Crippen LogP contribution is -2.29. The molecule has 0 saturated heterocycles. The highest BCUT2D eigenvalue weighted by atomic mass is 16.5. The van der Waals surface area contributed by atoms with Gasteiger partial charge in [-0.2, -0.15) is 0 Å². The Morgan fingerprint density at radius 1 is 1.50 bits per heavy atom. The maximum atomic E-state index is 11.2. The van der Waals surface area contributed by atoms with Crippen LogP contribution in [0.4, 0.5) is 0 Å². The van der Waals surface area contributed by atoms with Gasteiger partial charge < -0.3 is 15.2 Å². The van der Waals surface area contributed by atoms with Gasteiger partial charge in [-0.25, -0.2) is 0 Å². The summed E-state index contributed by atoms with van der Waals surface area (Å²) in [6.45, 7) is -0.0509. The van der Waals surface area contributed by atoms with Gasteiger partial charge in [-0.15, -0.1) is 6.42 Å². The van der Waals surface area contributed by atoms with Gasteiger partial charge >= 0.3 is 0 Å². The van der Waals surface area contributed by atoms with Crippen molar-refractivity contribution in [2.24, 2.45) is 0 Å². The van der Waals surface area contributed by atoms with E-state index in [0.717, 1.165) is 0 Å². The zero-order chi connectivity index (χ0) is 11.8. The molecule has 0 saturated carbocycles. The molecule has 0 radical (unpaired) electrons. The Hall–Kier alpha value is -1.99. The minimum Gasteiger partial charge on any atom is -0.483 e. The first-order valence-electron chi connectivity index (χ1n) is 4.79. The van der Waals surface area contributed by atoms with Crippen LogP contribution in [0.5, 0.6) is 5.75 Å². The molecule has 2 N–H and O–H groups in total. The van der Waals surface area contributed by atoms with E-state index in [1.54, 1.807) is 24.3 Å². The van der Waals surface area contributed by atoms with Gasteiger partial charge in [-0.1, -0.05) is 24.1 Å². The SMILES string of the molecule is C#CCNC(=O)COc1ccccc1CO. The molecular weight excluding hydrogens is 206 g/mol. The second kappa shape index (κ2) is 6.49. The van der Waals surface area contributed by atoms with Crippen LogP contribution in [-0.4, -0.2) is 24.2 Å². The number of hydrogen-bond donors (Lipinski definition) is 2. The number of para-hydroxylation sites is 1. The van der Waals surface area contributed by atoms with Crippen LogP contribution in [0.1, 0.15) is 5.56 Å². The summed E-state index contributed by atoms with van der Waals surface area (Å²) in [5.41, 5.74) is 0.646. The second-order valence-corrected chi connectivity index (χ2v) is 3.04. The standard InChI is InChI=1S/C12H13NO3/c1-2-7-13-12(15)9-16-11-6-4-3-5-10(11)8-14/h1,3-6,14H,7-9H2,(H,13,15). The van der Waals surface area contributed by atoms with E-state index < -0.39 is 0 Å². The molecule has 0 aliphatic carbocycles. The molecule has 1 amide bonds. The highest BCUT2D eigenvalue weighted by molar-refractivity contribution is 5.77. The number of ether oxygens (including phenoxy) is 1. The summed E-state index contributed by atoms with van der Waals surface area (Å²) in [4.78, 5) is 11.2. The Balaban J connectivity index is 2.48. The fourth-order valence-corrected chi connectivity index (χ4v) is 1.12. The van der Waals surface area contributed by atoms with E-state index in [2.05, 4.69) is 11.2 Å².